The number of benzene rings is 1. The minimum Gasteiger partial charge on any atom is -0.496 e. The summed E-state index contributed by atoms with van der Waals surface area (Å²) in [5, 5.41) is 0. The smallest absolute Gasteiger partial charge is 0.133 e. The Labute approximate surface area is 114 Å². The highest BCUT2D eigenvalue weighted by molar-refractivity contribution is 9.10. The Balaban J connectivity index is 2.19. The van der Waals surface area contributed by atoms with Crippen LogP contribution in [0.25, 0.3) is 0 Å². The predicted octanol–water partition coefficient (Wildman–Crippen LogP) is 2.80. The fourth-order valence-electron chi connectivity index (χ4n) is 1.80. The number of methoxy groups -OCH3 is 1. The van der Waals surface area contributed by atoms with E-state index in [1.54, 1.807) is 13.4 Å². The highest BCUT2D eigenvalue weighted by Gasteiger charge is 2.13. The number of halogens is 1. The molecule has 0 saturated heterocycles. The molecule has 1 aromatic carbocycles. The van der Waals surface area contributed by atoms with Gasteiger partial charge in [0.25, 0.3) is 0 Å². The summed E-state index contributed by atoms with van der Waals surface area (Å²) in [6.07, 6.45) is 2.36. The Hall–Kier alpha value is -1.30. The molecule has 2 rings (SSSR count). The lowest BCUT2D eigenvalue weighted by molar-refractivity contribution is 0.411. The Bertz CT molecular complexity index is 500. The first kappa shape index (κ1) is 13.1. The quantitative estimate of drug-likeness (QED) is 0.658. The molecular formula is C13H15BrN2O2. The summed E-state index contributed by atoms with van der Waals surface area (Å²) in [7, 11) is 1.64. The minimum absolute atomic E-state index is 0.00152. The lowest BCUT2D eigenvalue weighted by atomic mass is 10.0. The molecule has 3 N–H and O–H groups in total. The molecule has 0 aliphatic heterocycles. The second-order valence-electron chi connectivity index (χ2n) is 3.90. The van der Waals surface area contributed by atoms with Crippen molar-refractivity contribution in [3.63, 3.8) is 0 Å². The molecule has 0 saturated carbocycles. The highest BCUT2D eigenvalue weighted by atomic mass is 79.9. The van der Waals surface area contributed by atoms with Gasteiger partial charge in [0, 0.05) is 6.42 Å². The van der Waals surface area contributed by atoms with Crippen LogP contribution in [0.5, 0.6) is 5.75 Å². The van der Waals surface area contributed by atoms with Gasteiger partial charge in [-0.3, -0.25) is 11.3 Å². The van der Waals surface area contributed by atoms with Gasteiger partial charge >= 0.3 is 0 Å². The van der Waals surface area contributed by atoms with Crippen LogP contribution in [0.15, 0.2) is 45.5 Å². The van der Waals surface area contributed by atoms with Gasteiger partial charge in [-0.25, -0.2) is 0 Å². The van der Waals surface area contributed by atoms with E-state index in [0.717, 1.165) is 21.5 Å². The zero-order chi connectivity index (χ0) is 13.0. The van der Waals surface area contributed by atoms with Crippen molar-refractivity contribution in [2.24, 2.45) is 5.84 Å². The van der Waals surface area contributed by atoms with Crippen molar-refractivity contribution in [1.82, 2.24) is 5.43 Å². The number of hydrogen-bond acceptors (Lipinski definition) is 4. The number of hydrogen-bond donors (Lipinski definition) is 2. The number of nitrogens with two attached hydrogens (primary N) is 1. The van der Waals surface area contributed by atoms with Crippen molar-refractivity contribution in [3.05, 3.63) is 52.4 Å². The molecule has 2 aromatic rings. The Morgan fingerprint density at radius 2 is 2.28 bits per heavy atom. The first-order valence-corrected chi connectivity index (χ1v) is 6.36. The average molecular weight is 311 g/mol. The van der Waals surface area contributed by atoms with Crippen molar-refractivity contribution < 1.29 is 9.15 Å². The van der Waals surface area contributed by atoms with Gasteiger partial charge in [-0.15, -0.1) is 0 Å². The topological polar surface area (TPSA) is 60.4 Å². The van der Waals surface area contributed by atoms with E-state index in [1.807, 2.05) is 30.3 Å². The van der Waals surface area contributed by atoms with Crippen LogP contribution in [0.2, 0.25) is 0 Å². The number of ether oxygens (including phenoxy) is 1. The van der Waals surface area contributed by atoms with E-state index in [4.69, 9.17) is 15.0 Å². The van der Waals surface area contributed by atoms with Crippen LogP contribution in [0, 0.1) is 0 Å². The fourth-order valence-corrected chi connectivity index (χ4v) is 2.36. The monoisotopic (exact) mass is 310 g/mol. The van der Waals surface area contributed by atoms with Gasteiger partial charge in [0.05, 0.1) is 23.9 Å². The van der Waals surface area contributed by atoms with Crippen LogP contribution in [0.3, 0.4) is 0 Å². The first-order valence-electron chi connectivity index (χ1n) is 5.56. The normalized spacial score (nSPS) is 12.4. The van der Waals surface area contributed by atoms with Crippen LogP contribution >= 0.6 is 15.9 Å². The van der Waals surface area contributed by atoms with Gasteiger partial charge in [0.15, 0.2) is 0 Å². The minimum atomic E-state index is -0.00152. The molecule has 96 valence electrons. The summed E-state index contributed by atoms with van der Waals surface area (Å²) in [5.74, 6) is 7.30. The third kappa shape index (κ3) is 2.93. The van der Waals surface area contributed by atoms with Crippen molar-refractivity contribution in [2.75, 3.05) is 7.11 Å². The molecule has 0 aliphatic carbocycles. The van der Waals surface area contributed by atoms with Gasteiger partial charge in [-0.1, -0.05) is 6.07 Å². The lowest BCUT2D eigenvalue weighted by Crippen LogP contribution is -2.29. The molecule has 0 radical (unpaired) electrons. The molecule has 4 nitrogen and oxygen atoms in total. The third-order valence-corrected chi connectivity index (χ3v) is 3.38. The van der Waals surface area contributed by atoms with Gasteiger partial charge in [-0.2, -0.15) is 0 Å². The van der Waals surface area contributed by atoms with E-state index >= 15 is 0 Å². The summed E-state index contributed by atoms with van der Waals surface area (Å²) in [5.41, 5.74) is 3.87. The summed E-state index contributed by atoms with van der Waals surface area (Å²) < 4.78 is 11.4. The van der Waals surface area contributed by atoms with Crippen molar-refractivity contribution in [3.8, 4) is 5.75 Å². The molecule has 0 spiro atoms. The van der Waals surface area contributed by atoms with Crippen LogP contribution in [-0.4, -0.2) is 7.11 Å². The SMILES string of the molecule is COc1ccc(C(Cc2ccco2)NN)cc1Br. The maximum atomic E-state index is 5.60. The highest BCUT2D eigenvalue weighted by Crippen LogP contribution is 2.29. The molecule has 1 aromatic heterocycles. The van der Waals surface area contributed by atoms with Crippen LogP contribution in [0.4, 0.5) is 0 Å². The molecule has 0 fully saturated rings. The molecule has 0 amide bonds. The molecule has 1 unspecified atom stereocenters. The van der Waals surface area contributed by atoms with E-state index < -0.39 is 0 Å². The van der Waals surface area contributed by atoms with Crippen molar-refractivity contribution in [2.45, 2.75) is 12.5 Å². The van der Waals surface area contributed by atoms with Crippen LogP contribution < -0.4 is 16.0 Å². The average Bonchev–Trinajstić information content (AvgIpc) is 2.88. The maximum absolute atomic E-state index is 5.60. The second-order valence-corrected chi connectivity index (χ2v) is 4.75. The molecular weight excluding hydrogens is 296 g/mol. The van der Waals surface area contributed by atoms with Crippen LogP contribution in [-0.2, 0) is 6.42 Å². The summed E-state index contributed by atoms with van der Waals surface area (Å²) in [6.45, 7) is 0. The standard InChI is InChI=1S/C13H15BrN2O2/c1-17-13-5-4-9(7-11(13)14)12(16-15)8-10-3-2-6-18-10/h2-7,12,16H,8,15H2,1H3. The van der Waals surface area contributed by atoms with Gasteiger partial charge in [-0.05, 0) is 45.8 Å². The maximum Gasteiger partial charge on any atom is 0.133 e. The van der Waals surface area contributed by atoms with Crippen LogP contribution in [0.1, 0.15) is 17.4 Å². The van der Waals surface area contributed by atoms with Gasteiger partial charge in [0.2, 0.25) is 0 Å². The second kappa shape index (κ2) is 6.04. The van der Waals surface area contributed by atoms with Crippen molar-refractivity contribution >= 4 is 15.9 Å². The van der Waals surface area contributed by atoms with E-state index in [1.165, 1.54) is 0 Å². The Morgan fingerprint density at radius 1 is 1.44 bits per heavy atom. The zero-order valence-electron chi connectivity index (χ0n) is 10.0. The first-order chi connectivity index (χ1) is 8.74. The number of hydrazine groups is 1. The summed E-state index contributed by atoms with van der Waals surface area (Å²) in [4.78, 5) is 0. The molecule has 18 heavy (non-hydrogen) atoms. The Morgan fingerprint density at radius 3 is 2.83 bits per heavy atom. The molecule has 0 aliphatic rings. The van der Waals surface area contributed by atoms with E-state index in [0.29, 0.717) is 6.42 Å². The lowest BCUT2D eigenvalue weighted by Gasteiger charge is -2.16. The number of nitrogens with one attached hydrogen (secondary N) is 1. The van der Waals surface area contributed by atoms with E-state index in [9.17, 15) is 0 Å². The fraction of sp³-hybridized carbons (Fsp3) is 0.231. The largest absolute Gasteiger partial charge is 0.496 e. The molecule has 0 bridgehead atoms. The number of furan rings is 1. The predicted molar refractivity (Wildman–Crippen MR) is 73.2 cm³/mol. The third-order valence-electron chi connectivity index (χ3n) is 2.76. The molecule has 5 heteroatoms. The number of rotatable bonds is 5. The van der Waals surface area contributed by atoms with E-state index in [2.05, 4.69) is 21.4 Å². The molecule has 1 heterocycles. The molecule has 1 atom stereocenters. The Kier molecular flexibility index (Phi) is 4.41. The zero-order valence-corrected chi connectivity index (χ0v) is 11.6. The summed E-state index contributed by atoms with van der Waals surface area (Å²) >= 11 is 3.47. The summed E-state index contributed by atoms with van der Waals surface area (Å²) in [6, 6.07) is 9.68. The van der Waals surface area contributed by atoms with E-state index in [-0.39, 0.29) is 6.04 Å². The van der Waals surface area contributed by atoms with Crippen molar-refractivity contribution in [1.29, 1.82) is 0 Å². The van der Waals surface area contributed by atoms with Gasteiger partial charge in [0.1, 0.15) is 11.5 Å². The van der Waals surface area contributed by atoms with Gasteiger partial charge < -0.3 is 9.15 Å².